The van der Waals surface area contributed by atoms with Crippen LogP contribution in [0.5, 0.6) is 0 Å². The molecule has 0 amide bonds. The summed E-state index contributed by atoms with van der Waals surface area (Å²) in [6.07, 6.45) is 0.917. The molecule has 4 heteroatoms. The number of para-hydroxylation sites is 2. The van der Waals surface area contributed by atoms with Crippen LogP contribution in [-0.2, 0) is 13.5 Å². The van der Waals surface area contributed by atoms with Gasteiger partial charge < -0.3 is 9.88 Å². The second kappa shape index (κ2) is 6.00. The number of imidazole rings is 1. The van der Waals surface area contributed by atoms with Crippen molar-refractivity contribution in [2.45, 2.75) is 26.3 Å². The topological polar surface area (TPSA) is 29.9 Å². The van der Waals surface area contributed by atoms with Crippen molar-refractivity contribution in [1.29, 1.82) is 0 Å². The molecule has 1 aromatic carbocycles. The van der Waals surface area contributed by atoms with Crippen molar-refractivity contribution in [1.82, 2.24) is 14.9 Å². The fraction of sp³-hybridized carbons (Fsp3) is 0.353. The summed E-state index contributed by atoms with van der Waals surface area (Å²) >= 11 is 1.83. The molecule has 110 valence electrons. The minimum Gasteiger partial charge on any atom is -0.331 e. The Bertz CT molecular complexity index is 741. The summed E-state index contributed by atoms with van der Waals surface area (Å²) in [6.45, 7) is 5.31. The van der Waals surface area contributed by atoms with Crippen LogP contribution >= 0.6 is 11.3 Å². The quantitative estimate of drug-likeness (QED) is 0.776. The second-order valence-electron chi connectivity index (χ2n) is 5.36. The summed E-state index contributed by atoms with van der Waals surface area (Å²) in [4.78, 5) is 6.22. The molecule has 0 saturated carbocycles. The van der Waals surface area contributed by atoms with Gasteiger partial charge in [-0.25, -0.2) is 4.98 Å². The average Bonchev–Trinajstić information content (AvgIpc) is 3.04. The fourth-order valence-corrected chi connectivity index (χ4v) is 3.81. The number of thiophene rings is 1. The van der Waals surface area contributed by atoms with Gasteiger partial charge in [0.1, 0.15) is 5.82 Å². The molecule has 0 aliphatic rings. The van der Waals surface area contributed by atoms with Crippen molar-refractivity contribution >= 4 is 22.4 Å². The van der Waals surface area contributed by atoms with Crippen molar-refractivity contribution in [2.75, 3.05) is 6.54 Å². The number of nitrogens with one attached hydrogen (secondary N) is 1. The maximum atomic E-state index is 4.80. The summed E-state index contributed by atoms with van der Waals surface area (Å²) in [5.74, 6) is 1.13. The van der Waals surface area contributed by atoms with Crippen molar-refractivity contribution in [2.24, 2.45) is 7.05 Å². The van der Waals surface area contributed by atoms with Crippen molar-refractivity contribution < 1.29 is 0 Å². The van der Waals surface area contributed by atoms with Gasteiger partial charge in [0.2, 0.25) is 0 Å². The smallest absolute Gasteiger partial charge is 0.111 e. The Hall–Kier alpha value is -1.65. The first-order valence-corrected chi connectivity index (χ1v) is 8.26. The van der Waals surface area contributed by atoms with E-state index in [4.69, 9.17) is 4.98 Å². The van der Waals surface area contributed by atoms with E-state index in [2.05, 4.69) is 60.4 Å². The highest BCUT2D eigenvalue weighted by atomic mass is 32.1. The van der Waals surface area contributed by atoms with E-state index in [0.29, 0.717) is 6.04 Å². The fourth-order valence-electron chi connectivity index (χ4n) is 2.81. The average molecular weight is 299 g/mol. The Labute approximate surface area is 129 Å². The van der Waals surface area contributed by atoms with E-state index in [0.717, 1.165) is 24.3 Å². The number of likely N-dealkylation sites (N-methyl/N-ethyl adjacent to an activating group) is 1. The molecular weight excluding hydrogens is 278 g/mol. The highest BCUT2D eigenvalue weighted by Gasteiger charge is 2.18. The third-order valence-corrected chi connectivity index (χ3v) is 5.07. The number of nitrogens with zero attached hydrogens (tertiary/aromatic N) is 2. The summed E-state index contributed by atoms with van der Waals surface area (Å²) in [5, 5.41) is 5.77. The van der Waals surface area contributed by atoms with E-state index in [9.17, 15) is 0 Å². The van der Waals surface area contributed by atoms with Gasteiger partial charge in [-0.1, -0.05) is 19.1 Å². The molecule has 3 rings (SSSR count). The molecule has 0 aliphatic carbocycles. The predicted octanol–water partition coefficient (Wildman–Crippen LogP) is 3.84. The molecule has 2 aromatic heterocycles. The number of benzene rings is 1. The van der Waals surface area contributed by atoms with E-state index >= 15 is 0 Å². The first kappa shape index (κ1) is 14.3. The van der Waals surface area contributed by atoms with Gasteiger partial charge >= 0.3 is 0 Å². The first-order valence-electron chi connectivity index (χ1n) is 7.38. The minimum atomic E-state index is 0.338. The van der Waals surface area contributed by atoms with E-state index < -0.39 is 0 Å². The molecule has 0 spiro atoms. The van der Waals surface area contributed by atoms with Gasteiger partial charge in [0, 0.05) is 24.4 Å². The molecule has 0 bridgehead atoms. The Balaban J connectivity index is 1.94. The van der Waals surface area contributed by atoms with Gasteiger partial charge in [-0.2, -0.15) is 0 Å². The standard InChI is InChI=1S/C17H21N3S/c1-4-18-14(17-12(2)9-10-21-17)11-16-19-13-7-5-6-8-15(13)20(16)3/h5-10,14,18H,4,11H2,1-3H3. The van der Waals surface area contributed by atoms with E-state index in [-0.39, 0.29) is 0 Å². The summed E-state index contributed by atoms with van der Waals surface area (Å²) < 4.78 is 2.21. The Kier molecular flexibility index (Phi) is 4.08. The van der Waals surface area contributed by atoms with Gasteiger partial charge in [-0.15, -0.1) is 11.3 Å². The first-order chi connectivity index (χ1) is 10.2. The van der Waals surface area contributed by atoms with E-state index in [1.807, 2.05) is 17.4 Å². The molecule has 1 N–H and O–H groups in total. The lowest BCUT2D eigenvalue weighted by atomic mass is 10.1. The summed E-state index contributed by atoms with van der Waals surface area (Å²) in [6, 6.07) is 10.9. The predicted molar refractivity (Wildman–Crippen MR) is 89.9 cm³/mol. The molecule has 0 aliphatic heterocycles. The molecule has 3 nitrogen and oxygen atoms in total. The molecule has 3 aromatic rings. The Morgan fingerprint density at radius 2 is 2.10 bits per heavy atom. The second-order valence-corrected chi connectivity index (χ2v) is 6.31. The van der Waals surface area contributed by atoms with Crippen LogP contribution in [0.3, 0.4) is 0 Å². The SMILES string of the molecule is CCNC(Cc1nc2ccccc2n1C)c1sccc1C. The molecule has 0 radical (unpaired) electrons. The number of hydrogen-bond donors (Lipinski definition) is 1. The van der Waals surface area contributed by atoms with Gasteiger partial charge in [0.25, 0.3) is 0 Å². The van der Waals surface area contributed by atoms with E-state index in [1.165, 1.54) is 16.0 Å². The summed E-state index contributed by atoms with van der Waals surface area (Å²) in [5.41, 5.74) is 3.64. The van der Waals surface area contributed by atoms with Crippen LogP contribution in [0.25, 0.3) is 11.0 Å². The zero-order chi connectivity index (χ0) is 14.8. The maximum Gasteiger partial charge on any atom is 0.111 e. The van der Waals surface area contributed by atoms with Gasteiger partial charge in [-0.05, 0) is 42.6 Å². The third-order valence-electron chi connectivity index (χ3n) is 3.94. The van der Waals surface area contributed by atoms with Crippen LogP contribution in [0.2, 0.25) is 0 Å². The van der Waals surface area contributed by atoms with Gasteiger partial charge in [0.15, 0.2) is 0 Å². The van der Waals surface area contributed by atoms with Crippen molar-refractivity contribution in [3.05, 3.63) is 52.0 Å². The Morgan fingerprint density at radius 1 is 1.29 bits per heavy atom. The number of fused-ring (bicyclic) bond motifs is 1. The number of hydrogen-bond acceptors (Lipinski definition) is 3. The number of aromatic nitrogens is 2. The largest absolute Gasteiger partial charge is 0.331 e. The van der Waals surface area contributed by atoms with Crippen LogP contribution in [0.1, 0.15) is 29.2 Å². The molecule has 0 saturated heterocycles. The third kappa shape index (κ3) is 2.74. The molecule has 1 unspecified atom stereocenters. The normalized spacial score (nSPS) is 12.9. The zero-order valence-corrected chi connectivity index (χ0v) is 13.6. The van der Waals surface area contributed by atoms with E-state index in [1.54, 1.807) is 0 Å². The van der Waals surface area contributed by atoms with Crippen molar-refractivity contribution in [3.63, 3.8) is 0 Å². The zero-order valence-electron chi connectivity index (χ0n) is 12.8. The monoisotopic (exact) mass is 299 g/mol. The highest BCUT2D eigenvalue weighted by Crippen LogP contribution is 2.27. The summed E-state index contributed by atoms with van der Waals surface area (Å²) in [7, 11) is 2.11. The molecule has 2 heterocycles. The van der Waals surface area contributed by atoms with Crippen LogP contribution in [0, 0.1) is 6.92 Å². The molecule has 0 fully saturated rings. The maximum absolute atomic E-state index is 4.80. The van der Waals surface area contributed by atoms with Crippen LogP contribution in [0.4, 0.5) is 0 Å². The van der Waals surface area contributed by atoms with Crippen molar-refractivity contribution in [3.8, 4) is 0 Å². The molecule has 1 atom stereocenters. The highest BCUT2D eigenvalue weighted by molar-refractivity contribution is 7.10. The number of rotatable bonds is 5. The van der Waals surface area contributed by atoms with Gasteiger partial charge in [-0.3, -0.25) is 0 Å². The lowest BCUT2D eigenvalue weighted by Gasteiger charge is -2.17. The molecule has 21 heavy (non-hydrogen) atoms. The Morgan fingerprint density at radius 3 is 2.76 bits per heavy atom. The van der Waals surface area contributed by atoms with Crippen LogP contribution < -0.4 is 5.32 Å². The lowest BCUT2D eigenvalue weighted by molar-refractivity contribution is 0.536. The minimum absolute atomic E-state index is 0.338. The molecular formula is C17H21N3S. The number of aryl methyl sites for hydroxylation is 2. The van der Waals surface area contributed by atoms with Crippen LogP contribution in [0.15, 0.2) is 35.7 Å². The van der Waals surface area contributed by atoms with Gasteiger partial charge in [0.05, 0.1) is 11.0 Å². The van der Waals surface area contributed by atoms with Crippen LogP contribution in [-0.4, -0.2) is 16.1 Å². The lowest BCUT2D eigenvalue weighted by Crippen LogP contribution is -2.23.